The molecule has 2 heterocycles. The fourth-order valence-electron chi connectivity index (χ4n) is 5.61. The first-order chi connectivity index (χ1) is 24.4. The number of ether oxygens (including phenoxy) is 3. The Labute approximate surface area is 310 Å². The third-order valence-corrected chi connectivity index (χ3v) is 9.43. The molecule has 50 heavy (non-hydrogen) atoms. The van der Waals surface area contributed by atoms with Gasteiger partial charge in [-0.1, -0.05) is 59.6 Å². The van der Waals surface area contributed by atoms with Crippen molar-refractivity contribution in [2.24, 2.45) is 11.0 Å². The first-order valence-corrected chi connectivity index (χ1v) is 17.6. The Hall–Kier alpha value is -4.58. The number of aromatic nitrogens is 3. The molecule has 2 N–H and O–H groups in total. The van der Waals surface area contributed by atoms with E-state index in [9.17, 15) is 0 Å². The summed E-state index contributed by atoms with van der Waals surface area (Å²) in [5.74, 6) is 3.71. The minimum Gasteiger partial charge on any atom is -0.497 e. The van der Waals surface area contributed by atoms with E-state index in [2.05, 4.69) is 72.0 Å². The van der Waals surface area contributed by atoms with Gasteiger partial charge < -0.3 is 24.4 Å². The number of benzene rings is 4. The molecule has 0 bridgehead atoms. The van der Waals surface area contributed by atoms with Crippen LogP contribution in [-0.4, -0.2) is 48.5 Å². The lowest BCUT2D eigenvalue weighted by Gasteiger charge is -2.32. The summed E-state index contributed by atoms with van der Waals surface area (Å²) in [5.41, 5.74) is 6.74. The molecular formula is C37H36BrCl2N7O3. The van der Waals surface area contributed by atoms with Gasteiger partial charge in [-0.3, -0.25) is 0 Å². The molecule has 1 aromatic heterocycles. The Bertz CT molecular complexity index is 1930. The van der Waals surface area contributed by atoms with Gasteiger partial charge in [0.1, 0.15) is 12.4 Å². The molecule has 4 aromatic carbocycles. The largest absolute Gasteiger partial charge is 0.497 e. The molecular weight excluding hydrogens is 741 g/mol. The number of hydrazone groups is 1. The van der Waals surface area contributed by atoms with Crippen LogP contribution in [0.25, 0.3) is 0 Å². The molecule has 0 amide bonds. The van der Waals surface area contributed by atoms with E-state index < -0.39 is 0 Å². The maximum atomic E-state index is 6.33. The van der Waals surface area contributed by atoms with E-state index in [4.69, 9.17) is 47.4 Å². The highest BCUT2D eigenvalue weighted by atomic mass is 79.9. The second-order valence-electron chi connectivity index (χ2n) is 11.7. The van der Waals surface area contributed by atoms with Crippen LogP contribution < -0.4 is 29.9 Å². The van der Waals surface area contributed by atoms with Crippen molar-refractivity contribution in [2.75, 3.05) is 43.0 Å². The first kappa shape index (κ1) is 35.3. The summed E-state index contributed by atoms with van der Waals surface area (Å²) in [4.78, 5) is 16.3. The molecule has 0 spiro atoms. The maximum Gasteiger partial charge on any atom is 0.250 e. The van der Waals surface area contributed by atoms with Gasteiger partial charge in [-0.05, 0) is 101 Å². The summed E-state index contributed by atoms with van der Waals surface area (Å²) >= 11 is 16.0. The van der Waals surface area contributed by atoms with E-state index in [1.165, 1.54) is 5.56 Å². The van der Waals surface area contributed by atoms with Gasteiger partial charge in [0.05, 0.1) is 24.9 Å². The van der Waals surface area contributed by atoms with Gasteiger partial charge in [-0.15, -0.1) is 0 Å². The van der Waals surface area contributed by atoms with E-state index in [-0.39, 0.29) is 6.61 Å². The fourth-order valence-corrected chi connectivity index (χ4v) is 6.64. The van der Waals surface area contributed by atoms with Crippen molar-refractivity contribution < 1.29 is 14.2 Å². The second kappa shape index (κ2) is 16.9. The highest BCUT2D eigenvalue weighted by molar-refractivity contribution is 9.10. The molecule has 0 radical (unpaired) electrons. The average molecular weight is 778 g/mol. The van der Waals surface area contributed by atoms with Gasteiger partial charge >= 0.3 is 0 Å². The number of hydrogen-bond acceptors (Lipinski definition) is 10. The van der Waals surface area contributed by atoms with Crippen molar-refractivity contribution in [2.45, 2.75) is 25.9 Å². The van der Waals surface area contributed by atoms with Gasteiger partial charge in [-0.25, -0.2) is 5.43 Å². The Kier molecular flexibility index (Phi) is 11.9. The topological polar surface area (TPSA) is 106 Å². The van der Waals surface area contributed by atoms with Crippen LogP contribution in [0.3, 0.4) is 0 Å². The standard InChI is InChI=1S/C37H36BrCl2N7O3/c1-48-30-12-10-29(11-13-30)42-35-43-36(45-37(44-35)47-16-14-25(15-17-47)18-24-6-4-3-5-7-24)46-41-22-26-19-31(38)34(33(20-26)49-2)50-23-27-8-9-28(39)21-32(27)40/h3-13,19-22,25H,14-18,23H2,1-2H3,(H2,42,43,44,45,46). The lowest BCUT2D eigenvalue weighted by atomic mass is 9.90. The highest BCUT2D eigenvalue weighted by Crippen LogP contribution is 2.37. The number of nitrogens with one attached hydrogen (secondary N) is 2. The Morgan fingerprint density at radius 1 is 0.900 bits per heavy atom. The predicted octanol–water partition coefficient (Wildman–Crippen LogP) is 9.19. The lowest BCUT2D eigenvalue weighted by Crippen LogP contribution is -2.35. The number of halogens is 3. The van der Waals surface area contributed by atoms with Crippen molar-refractivity contribution >= 4 is 68.9 Å². The first-order valence-electron chi connectivity index (χ1n) is 16.1. The smallest absolute Gasteiger partial charge is 0.250 e. The van der Waals surface area contributed by atoms with Gasteiger partial charge in [0.2, 0.25) is 17.8 Å². The summed E-state index contributed by atoms with van der Waals surface area (Å²) in [6, 6.07) is 27.2. The summed E-state index contributed by atoms with van der Waals surface area (Å²) in [6.07, 6.45) is 4.82. The van der Waals surface area contributed by atoms with Gasteiger partial charge in [-0.2, -0.15) is 20.1 Å². The van der Waals surface area contributed by atoms with E-state index >= 15 is 0 Å². The minimum atomic E-state index is 0.235. The maximum absolute atomic E-state index is 6.33. The third kappa shape index (κ3) is 9.35. The van der Waals surface area contributed by atoms with Gasteiger partial charge in [0.15, 0.2) is 11.5 Å². The van der Waals surface area contributed by atoms with Crippen LogP contribution in [0.5, 0.6) is 17.2 Å². The molecule has 258 valence electrons. The Morgan fingerprint density at radius 3 is 2.38 bits per heavy atom. The molecule has 1 fully saturated rings. The quantitative estimate of drug-likeness (QED) is 0.0895. The zero-order chi connectivity index (χ0) is 34.9. The number of anilines is 4. The highest BCUT2D eigenvalue weighted by Gasteiger charge is 2.23. The molecule has 1 saturated heterocycles. The van der Waals surface area contributed by atoms with Gasteiger partial charge in [0.25, 0.3) is 0 Å². The lowest BCUT2D eigenvalue weighted by molar-refractivity contribution is 0.282. The second-order valence-corrected chi connectivity index (χ2v) is 13.4. The van der Waals surface area contributed by atoms with Crippen LogP contribution in [0, 0.1) is 5.92 Å². The van der Waals surface area contributed by atoms with Crippen molar-refractivity contribution in [1.82, 2.24) is 15.0 Å². The third-order valence-electron chi connectivity index (χ3n) is 8.25. The van der Waals surface area contributed by atoms with Crippen LogP contribution in [0.4, 0.5) is 23.5 Å². The predicted molar refractivity (Wildman–Crippen MR) is 204 cm³/mol. The summed E-state index contributed by atoms with van der Waals surface area (Å²) in [5, 5.41) is 8.83. The number of methoxy groups -OCH3 is 2. The van der Waals surface area contributed by atoms with Crippen molar-refractivity contribution in [1.29, 1.82) is 0 Å². The zero-order valence-electron chi connectivity index (χ0n) is 27.6. The van der Waals surface area contributed by atoms with Crippen LogP contribution in [-0.2, 0) is 13.0 Å². The molecule has 6 rings (SSSR count). The van der Waals surface area contributed by atoms with Crippen LogP contribution >= 0.6 is 39.1 Å². The van der Waals surface area contributed by atoms with Crippen LogP contribution in [0.2, 0.25) is 10.0 Å². The molecule has 5 aromatic rings. The number of piperidine rings is 1. The Morgan fingerprint density at radius 2 is 1.66 bits per heavy atom. The minimum absolute atomic E-state index is 0.235. The number of rotatable bonds is 13. The fraction of sp³-hybridized carbons (Fsp3) is 0.243. The van der Waals surface area contributed by atoms with E-state index in [1.54, 1.807) is 32.6 Å². The van der Waals surface area contributed by atoms with Crippen LogP contribution in [0.15, 0.2) is 94.5 Å². The molecule has 0 saturated carbocycles. The van der Waals surface area contributed by atoms with E-state index in [0.717, 1.165) is 54.9 Å². The molecule has 1 aliphatic rings. The van der Waals surface area contributed by atoms with Crippen molar-refractivity contribution in [3.63, 3.8) is 0 Å². The van der Waals surface area contributed by atoms with Crippen molar-refractivity contribution in [3.8, 4) is 17.2 Å². The molecule has 13 heteroatoms. The monoisotopic (exact) mass is 775 g/mol. The van der Waals surface area contributed by atoms with Crippen molar-refractivity contribution in [3.05, 3.63) is 116 Å². The SMILES string of the molecule is COc1ccc(Nc2nc(NN=Cc3cc(Br)c(OCc4ccc(Cl)cc4Cl)c(OC)c3)nc(N3CCC(Cc4ccccc4)CC3)n2)cc1. The normalized spacial score (nSPS) is 13.3. The van der Waals surface area contributed by atoms with Gasteiger partial charge in [0, 0.05) is 34.4 Å². The average Bonchev–Trinajstić information content (AvgIpc) is 3.12. The Balaban J connectivity index is 1.17. The van der Waals surface area contributed by atoms with Crippen LogP contribution in [0.1, 0.15) is 29.5 Å². The molecule has 0 aliphatic carbocycles. The number of hydrogen-bond donors (Lipinski definition) is 2. The summed E-state index contributed by atoms with van der Waals surface area (Å²) < 4.78 is 17.7. The molecule has 0 atom stereocenters. The molecule has 0 unspecified atom stereocenters. The zero-order valence-corrected chi connectivity index (χ0v) is 30.7. The molecule has 1 aliphatic heterocycles. The number of nitrogens with zero attached hydrogens (tertiary/aromatic N) is 5. The summed E-state index contributed by atoms with van der Waals surface area (Å²) in [6.45, 7) is 1.93. The summed E-state index contributed by atoms with van der Waals surface area (Å²) in [7, 11) is 3.22. The van der Waals surface area contributed by atoms with E-state index in [0.29, 0.717) is 49.8 Å². The van der Waals surface area contributed by atoms with E-state index in [1.807, 2.05) is 42.5 Å². The molecule has 10 nitrogen and oxygen atoms in total.